The minimum Gasteiger partial charge on any atom is -0.477 e. The third kappa shape index (κ3) is 3.19. The first-order valence-corrected chi connectivity index (χ1v) is 7.92. The van der Waals surface area contributed by atoms with Gasteiger partial charge in [0.25, 0.3) is 5.91 Å². The zero-order valence-corrected chi connectivity index (χ0v) is 12.7. The summed E-state index contributed by atoms with van der Waals surface area (Å²) in [6, 6.07) is 11.8. The maximum atomic E-state index is 12.2. The molecule has 2 aromatic rings. The summed E-state index contributed by atoms with van der Waals surface area (Å²) in [5, 5.41) is 6.17. The van der Waals surface area contributed by atoms with Gasteiger partial charge in [0, 0.05) is 9.75 Å². The van der Waals surface area contributed by atoms with Crippen molar-refractivity contribution in [3.8, 4) is 5.75 Å². The molecule has 1 aromatic carbocycles. The van der Waals surface area contributed by atoms with E-state index in [0.29, 0.717) is 13.1 Å². The fraction of sp³-hybridized carbons (Fsp3) is 0.312. The molecule has 1 unspecified atom stereocenters. The van der Waals surface area contributed by atoms with Crippen molar-refractivity contribution in [2.45, 2.75) is 26.0 Å². The molecule has 0 radical (unpaired) electrons. The van der Waals surface area contributed by atoms with Crippen LogP contribution in [-0.4, -0.2) is 18.6 Å². The van der Waals surface area contributed by atoms with Crippen molar-refractivity contribution < 1.29 is 9.53 Å². The van der Waals surface area contributed by atoms with Gasteiger partial charge in [-0.15, -0.1) is 11.3 Å². The summed E-state index contributed by atoms with van der Waals surface area (Å²) in [4.78, 5) is 14.7. The van der Waals surface area contributed by atoms with Crippen LogP contribution in [0, 0.1) is 0 Å². The highest BCUT2D eigenvalue weighted by Gasteiger charge is 2.25. The molecular formula is C16H18N2O2S. The number of amides is 1. The third-order valence-corrected chi connectivity index (χ3v) is 4.66. The normalized spacial score (nSPS) is 16.5. The maximum Gasteiger partial charge on any atom is 0.263 e. The Morgan fingerprint density at radius 3 is 2.95 bits per heavy atom. The molecule has 4 nitrogen and oxygen atoms in total. The molecule has 3 rings (SSSR count). The number of aryl methyl sites for hydroxylation is 1. The monoisotopic (exact) mass is 302 g/mol. The minimum atomic E-state index is -0.481. The van der Waals surface area contributed by atoms with Crippen LogP contribution in [0.2, 0.25) is 0 Å². The van der Waals surface area contributed by atoms with Crippen LogP contribution in [0.1, 0.15) is 16.7 Å². The second kappa shape index (κ2) is 6.18. The number of para-hydroxylation sites is 2. The Bertz CT molecular complexity index is 639. The summed E-state index contributed by atoms with van der Waals surface area (Å²) >= 11 is 1.74. The first-order valence-electron chi connectivity index (χ1n) is 7.11. The molecule has 5 heteroatoms. The van der Waals surface area contributed by atoms with E-state index in [2.05, 4.69) is 29.7 Å². The standard InChI is InChI=1S/C16H18N2O2S/c1-2-11-7-8-12(21-11)9-18-16(19)15-10-17-13-5-3-4-6-14(13)20-15/h3-8,15,17H,2,9-10H2,1H3,(H,18,19). The van der Waals surface area contributed by atoms with Crippen LogP contribution in [0.4, 0.5) is 5.69 Å². The van der Waals surface area contributed by atoms with Gasteiger partial charge in [0.15, 0.2) is 6.10 Å². The van der Waals surface area contributed by atoms with E-state index in [-0.39, 0.29) is 5.91 Å². The van der Waals surface area contributed by atoms with Crippen LogP contribution in [0.25, 0.3) is 0 Å². The predicted octanol–water partition coefficient (Wildman–Crippen LogP) is 2.80. The number of carbonyl (C=O) groups excluding carboxylic acids is 1. The van der Waals surface area contributed by atoms with Crippen LogP contribution in [-0.2, 0) is 17.8 Å². The first kappa shape index (κ1) is 13.9. The van der Waals surface area contributed by atoms with E-state index in [9.17, 15) is 4.79 Å². The summed E-state index contributed by atoms with van der Waals surface area (Å²) < 4.78 is 5.74. The van der Waals surface area contributed by atoms with Crippen molar-refractivity contribution >= 4 is 22.9 Å². The number of fused-ring (bicyclic) bond motifs is 1. The number of benzene rings is 1. The largest absolute Gasteiger partial charge is 0.477 e. The van der Waals surface area contributed by atoms with Gasteiger partial charge in [-0.05, 0) is 30.7 Å². The zero-order valence-electron chi connectivity index (χ0n) is 11.9. The highest BCUT2D eigenvalue weighted by Crippen LogP contribution is 2.28. The molecule has 1 atom stereocenters. The molecule has 0 bridgehead atoms. The summed E-state index contributed by atoms with van der Waals surface area (Å²) in [7, 11) is 0. The van der Waals surface area contributed by atoms with Crippen LogP contribution < -0.4 is 15.4 Å². The molecule has 0 fully saturated rings. The fourth-order valence-electron chi connectivity index (χ4n) is 2.25. The molecule has 2 N–H and O–H groups in total. The van der Waals surface area contributed by atoms with E-state index in [1.165, 1.54) is 9.75 Å². The Kier molecular flexibility index (Phi) is 4.10. The first-order chi connectivity index (χ1) is 10.3. The van der Waals surface area contributed by atoms with Gasteiger partial charge in [0.05, 0.1) is 18.8 Å². The van der Waals surface area contributed by atoms with Gasteiger partial charge in [0.1, 0.15) is 5.75 Å². The summed E-state index contributed by atoms with van der Waals surface area (Å²) in [5.41, 5.74) is 0.937. The van der Waals surface area contributed by atoms with Crippen molar-refractivity contribution in [3.63, 3.8) is 0 Å². The number of hydrogen-bond acceptors (Lipinski definition) is 4. The number of thiophene rings is 1. The molecule has 2 heterocycles. The van der Waals surface area contributed by atoms with Crippen LogP contribution in [0.3, 0.4) is 0 Å². The molecule has 0 aliphatic carbocycles. The third-order valence-electron chi connectivity index (χ3n) is 3.43. The highest BCUT2D eigenvalue weighted by atomic mass is 32.1. The maximum absolute atomic E-state index is 12.2. The average Bonchev–Trinajstić information content (AvgIpc) is 3.00. The molecule has 0 saturated carbocycles. The Morgan fingerprint density at radius 2 is 2.14 bits per heavy atom. The smallest absolute Gasteiger partial charge is 0.263 e. The summed E-state index contributed by atoms with van der Waals surface area (Å²) in [6.45, 7) is 3.19. The predicted molar refractivity (Wildman–Crippen MR) is 84.9 cm³/mol. The number of ether oxygens (including phenoxy) is 1. The van der Waals surface area contributed by atoms with E-state index in [4.69, 9.17) is 4.74 Å². The molecular weight excluding hydrogens is 284 g/mol. The Morgan fingerprint density at radius 1 is 1.33 bits per heavy atom. The van der Waals surface area contributed by atoms with Gasteiger partial charge in [-0.2, -0.15) is 0 Å². The average molecular weight is 302 g/mol. The zero-order chi connectivity index (χ0) is 14.7. The molecule has 1 aliphatic rings. The van der Waals surface area contributed by atoms with Crippen LogP contribution in [0.5, 0.6) is 5.75 Å². The topological polar surface area (TPSA) is 50.4 Å². The SMILES string of the molecule is CCc1ccc(CNC(=O)C2CNc3ccccc3O2)s1. The Balaban J connectivity index is 1.57. The van der Waals surface area contributed by atoms with Gasteiger partial charge >= 0.3 is 0 Å². The van der Waals surface area contributed by atoms with Crippen molar-refractivity contribution in [2.24, 2.45) is 0 Å². The molecule has 0 spiro atoms. The molecule has 0 saturated heterocycles. The summed E-state index contributed by atoms with van der Waals surface area (Å²) in [6.07, 6.45) is 0.552. The quantitative estimate of drug-likeness (QED) is 0.913. The molecule has 110 valence electrons. The lowest BCUT2D eigenvalue weighted by Crippen LogP contribution is -2.44. The number of carbonyl (C=O) groups is 1. The van der Waals surface area contributed by atoms with Crippen molar-refractivity contribution in [3.05, 3.63) is 46.2 Å². The van der Waals surface area contributed by atoms with Crippen LogP contribution in [0.15, 0.2) is 36.4 Å². The lowest BCUT2D eigenvalue weighted by atomic mass is 10.2. The number of nitrogens with one attached hydrogen (secondary N) is 2. The van der Waals surface area contributed by atoms with Gasteiger partial charge in [0.2, 0.25) is 0 Å². The van der Waals surface area contributed by atoms with E-state index in [1.807, 2.05) is 24.3 Å². The van der Waals surface area contributed by atoms with E-state index < -0.39 is 6.10 Å². The lowest BCUT2D eigenvalue weighted by Gasteiger charge is -2.26. The van der Waals surface area contributed by atoms with E-state index >= 15 is 0 Å². The summed E-state index contributed by atoms with van der Waals surface area (Å²) in [5.74, 6) is 0.650. The number of hydrogen-bond donors (Lipinski definition) is 2. The Hall–Kier alpha value is -2.01. The molecule has 21 heavy (non-hydrogen) atoms. The number of anilines is 1. The van der Waals surface area contributed by atoms with Gasteiger partial charge < -0.3 is 15.4 Å². The second-order valence-corrected chi connectivity index (χ2v) is 6.18. The van der Waals surface area contributed by atoms with Crippen molar-refractivity contribution in [1.29, 1.82) is 0 Å². The van der Waals surface area contributed by atoms with Gasteiger partial charge in [-0.1, -0.05) is 19.1 Å². The lowest BCUT2D eigenvalue weighted by molar-refractivity contribution is -0.127. The van der Waals surface area contributed by atoms with E-state index in [0.717, 1.165) is 17.9 Å². The van der Waals surface area contributed by atoms with Crippen molar-refractivity contribution in [2.75, 3.05) is 11.9 Å². The Labute approximate surface area is 128 Å². The van der Waals surface area contributed by atoms with E-state index in [1.54, 1.807) is 11.3 Å². The molecule has 1 aliphatic heterocycles. The number of rotatable bonds is 4. The fourth-order valence-corrected chi connectivity index (χ4v) is 3.15. The second-order valence-electron chi connectivity index (χ2n) is 4.92. The van der Waals surface area contributed by atoms with Gasteiger partial charge in [-0.25, -0.2) is 0 Å². The van der Waals surface area contributed by atoms with Crippen molar-refractivity contribution in [1.82, 2.24) is 5.32 Å². The molecule has 1 amide bonds. The van der Waals surface area contributed by atoms with Gasteiger partial charge in [-0.3, -0.25) is 4.79 Å². The molecule has 1 aromatic heterocycles. The van der Waals surface area contributed by atoms with Crippen LogP contribution >= 0.6 is 11.3 Å². The highest BCUT2D eigenvalue weighted by molar-refractivity contribution is 7.11. The minimum absolute atomic E-state index is 0.0801.